The number of halogens is 2. The quantitative estimate of drug-likeness (QED) is 0.460. The van der Waals surface area contributed by atoms with Gasteiger partial charge in [-0.15, -0.1) is 0 Å². The van der Waals surface area contributed by atoms with Gasteiger partial charge in [0.05, 0.1) is 15.6 Å². The maximum atomic E-state index is 12.5. The molecule has 0 aliphatic carbocycles. The van der Waals surface area contributed by atoms with Crippen LogP contribution in [0.1, 0.15) is 27.3 Å². The van der Waals surface area contributed by atoms with Crippen LogP contribution in [0.2, 0.25) is 10.0 Å². The SMILES string of the molecule is Cc1cc(C(=O)NNC(=O)/C=C/c2ccc(Cl)c(Cl)c2)c(C)n1-c1ccccc1. The van der Waals surface area contributed by atoms with Gasteiger partial charge in [-0.25, -0.2) is 0 Å². The molecule has 0 fully saturated rings. The summed E-state index contributed by atoms with van der Waals surface area (Å²) in [5.41, 5.74) is 8.69. The fourth-order valence-electron chi connectivity index (χ4n) is 2.98. The third-order valence-electron chi connectivity index (χ3n) is 4.36. The van der Waals surface area contributed by atoms with Gasteiger partial charge in [-0.2, -0.15) is 0 Å². The standard InChI is InChI=1S/C22H19Cl2N3O2/c1-14-12-18(15(2)27(14)17-6-4-3-5-7-17)22(29)26-25-21(28)11-9-16-8-10-19(23)20(24)13-16/h3-13H,1-2H3,(H,25,28)(H,26,29)/b11-9+. The first kappa shape index (κ1) is 20.7. The fourth-order valence-corrected chi connectivity index (χ4v) is 3.29. The molecule has 7 heteroatoms. The Labute approximate surface area is 178 Å². The Morgan fingerprint density at radius 1 is 0.931 bits per heavy atom. The number of aryl methyl sites for hydroxylation is 1. The van der Waals surface area contributed by atoms with Gasteiger partial charge in [0.15, 0.2) is 0 Å². The van der Waals surface area contributed by atoms with Crippen molar-refractivity contribution in [3.63, 3.8) is 0 Å². The second-order valence-electron chi connectivity index (χ2n) is 6.41. The molecule has 0 aliphatic rings. The summed E-state index contributed by atoms with van der Waals surface area (Å²) in [5, 5.41) is 0.838. The van der Waals surface area contributed by atoms with E-state index in [0.29, 0.717) is 21.2 Å². The average molecular weight is 428 g/mol. The van der Waals surface area contributed by atoms with Gasteiger partial charge in [-0.3, -0.25) is 20.4 Å². The average Bonchev–Trinajstić information content (AvgIpc) is 3.01. The number of benzene rings is 2. The summed E-state index contributed by atoms with van der Waals surface area (Å²) in [6.45, 7) is 3.79. The number of carbonyl (C=O) groups is 2. The Morgan fingerprint density at radius 3 is 2.34 bits per heavy atom. The number of nitrogens with zero attached hydrogens (tertiary/aromatic N) is 1. The number of hydrogen-bond donors (Lipinski definition) is 2. The van der Waals surface area contributed by atoms with Gasteiger partial charge in [0.25, 0.3) is 11.8 Å². The van der Waals surface area contributed by atoms with E-state index in [-0.39, 0.29) is 0 Å². The lowest BCUT2D eigenvalue weighted by atomic mass is 10.2. The van der Waals surface area contributed by atoms with Crippen LogP contribution in [0.3, 0.4) is 0 Å². The molecule has 1 aromatic heterocycles. The zero-order chi connectivity index (χ0) is 21.0. The second-order valence-corrected chi connectivity index (χ2v) is 7.22. The van der Waals surface area contributed by atoms with Crippen molar-refractivity contribution in [1.82, 2.24) is 15.4 Å². The molecule has 5 nitrogen and oxygen atoms in total. The third kappa shape index (κ3) is 4.88. The molecule has 3 aromatic rings. The number of aromatic nitrogens is 1. The summed E-state index contributed by atoms with van der Waals surface area (Å²) in [4.78, 5) is 24.5. The maximum Gasteiger partial charge on any atom is 0.271 e. The molecule has 148 valence electrons. The Balaban J connectivity index is 1.66. The van der Waals surface area contributed by atoms with E-state index in [4.69, 9.17) is 23.2 Å². The molecule has 0 unspecified atom stereocenters. The molecule has 2 N–H and O–H groups in total. The second kappa shape index (κ2) is 8.99. The zero-order valence-electron chi connectivity index (χ0n) is 15.9. The van der Waals surface area contributed by atoms with Crippen LogP contribution in [-0.4, -0.2) is 16.4 Å². The highest BCUT2D eigenvalue weighted by Gasteiger charge is 2.16. The molecule has 3 rings (SSSR count). The highest BCUT2D eigenvalue weighted by Crippen LogP contribution is 2.23. The predicted octanol–water partition coefficient (Wildman–Crippen LogP) is 4.88. The monoisotopic (exact) mass is 427 g/mol. The highest BCUT2D eigenvalue weighted by atomic mass is 35.5. The highest BCUT2D eigenvalue weighted by molar-refractivity contribution is 6.42. The van der Waals surface area contributed by atoms with Crippen LogP contribution < -0.4 is 10.9 Å². The largest absolute Gasteiger partial charge is 0.318 e. The van der Waals surface area contributed by atoms with Gasteiger partial charge in [0, 0.05) is 23.2 Å². The summed E-state index contributed by atoms with van der Waals surface area (Å²) in [6.07, 6.45) is 2.87. The van der Waals surface area contributed by atoms with Crippen molar-refractivity contribution >= 4 is 41.1 Å². The van der Waals surface area contributed by atoms with Gasteiger partial charge >= 0.3 is 0 Å². The topological polar surface area (TPSA) is 63.1 Å². The van der Waals surface area contributed by atoms with E-state index < -0.39 is 11.8 Å². The van der Waals surface area contributed by atoms with Gasteiger partial charge < -0.3 is 4.57 Å². The Hall–Kier alpha value is -3.02. The zero-order valence-corrected chi connectivity index (χ0v) is 17.4. The van der Waals surface area contributed by atoms with Gasteiger partial charge in [-0.05, 0) is 55.8 Å². The molecular weight excluding hydrogens is 409 g/mol. The molecule has 2 aromatic carbocycles. The third-order valence-corrected chi connectivity index (χ3v) is 5.10. The predicted molar refractivity (Wildman–Crippen MR) is 116 cm³/mol. The minimum atomic E-state index is -0.471. The van der Waals surface area contributed by atoms with E-state index >= 15 is 0 Å². The summed E-state index contributed by atoms with van der Waals surface area (Å²) < 4.78 is 1.99. The number of rotatable bonds is 4. The molecule has 29 heavy (non-hydrogen) atoms. The number of para-hydroxylation sites is 1. The van der Waals surface area contributed by atoms with Crippen molar-refractivity contribution < 1.29 is 9.59 Å². The van der Waals surface area contributed by atoms with E-state index in [1.165, 1.54) is 6.08 Å². The fraction of sp³-hybridized carbons (Fsp3) is 0.0909. The van der Waals surface area contributed by atoms with Crippen molar-refractivity contribution in [3.05, 3.63) is 93.2 Å². The van der Waals surface area contributed by atoms with Crippen LogP contribution in [-0.2, 0) is 4.79 Å². The molecule has 1 heterocycles. The summed E-state index contributed by atoms with van der Waals surface area (Å²) in [6, 6.07) is 16.6. The van der Waals surface area contributed by atoms with Gasteiger partial charge in [0.1, 0.15) is 0 Å². The van der Waals surface area contributed by atoms with Crippen molar-refractivity contribution in [1.29, 1.82) is 0 Å². The van der Waals surface area contributed by atoms with Gasteiger partial charge in [-0.1, -0.05) is 47.5 Å². The molecule has 0 atom stereocenters. The van der Waals surface area contributed by atoms with E-state index in [1.807, 2.05) is 48.7 Å². The Morgan fingerprint density at radius 2 is 1.66 bits per heavy atom. The maximum absolute atomic E-state index is 12.5. The molecule has 0 saturated carbocycles. The Bertz CT molecular complexity index is 1090. The van der Waals surface area contributed by atoms with Crippen molar-refractivity contribution in [2.24, 2.45) is 0 Å². The first-order chi connectivity index (χ1) is 13.9. The van der Waals surface area contributed by atoms with E-state index in [9.17, 15) is 9.59 Å². The molecule has 2 amide bonds. The number of carbonyl (C=O) groups excluding carboxylic acids is 2. The smallest absolute Gasteiger partial charge is 0.271 e. The first-order valence-corrected chi connectivity index (χ1v) is 9.60. The van der Waals surface area contributed by atoms with Gasteiger partial charge in [0.2, 0.25) is 0 Å². The minimum absolute atomic E-state index is 0.392. The number of hydrogen-bond acceptors (Lipinski definition) is 2. The van der Waals surface area contributed by atoms with Crippen LogP contribution in [0.4, 0.5) is 0 Å². The molecule has 0 radical (unpaired) electrons. The number of amides is 2. The van der Waals surface area contributed by atoms with Crippen LogP contribution in [0.15, 0.2) is 60.7 Å². The van der Waals surface area contributed by atoms with Crippen LogP contribution in [0.25, 0.3) is 11.8 Å². The van der Waals surface area contributed by atoms with Crippen LogP contribution >= 0.6 is 23.2 Å². The van der Waals surface area contributed by atoms with Crippen molar-refractivity contribution in [2.75, 3.05) is 0 Å². The van der Waals surface area contributed by atoms with E-state index in [0.717, 1.165) is 17.1 Å². The first-order valence-electron chi connectivity index (χ1n) is 8.84. The molecular formula is C22H19Cl2N3O2. The lowest BCUT2D eigenvalue weighted by molar-refractivity contribution is -0.117. The molecule has 0 bridgehead atoms. The Kier molecular flexibility index (Phi) is 6.42. The molecule has 0 aliphatic heterocycles. The molecule has 0 saturated heterocycles. The number of hydrazine groups is 1. The van der Waals surface area contributed by atoms with Crippen molar-refractivity contribution in [3.8, 4) is 5.69 Å². The lowest BCUT2D eigenvalue weighted by Gasteiger charge is -2.10. The molecule has 0 spiro atoms. The lowest BCUT2D eigenvalue weighted by Crippen LogP contribution is -2.40. The summed E-state index contributed by atoms with van der Waals surface area (Å²) >= 11 is 11.8. The summed E-state index contributed by atoms with van der Waals surface area (Å²) in [7, 11) is 0. The van der Waals surface area contributed by atoms with E-state index in [2.05, 4.69) is 10.9 Å². The minimum Gasteiger partial charge on any atom is -0.318 e. The summed E-state index contributed by atoms with van der Waals surface area (Å²) in [5.74, 6) is -0.863. The number of nitrogens with one attached hydrogen (secondary N) is 2. The van der Waals surface area contributed by atoms with Crippen molar-refractivity contribution in [2.45, 2.75) is 13.8 Å². The van der Waals surface area contributed by atoms with Crippen LogP contribution in [0.5, 0.6) is 0 Å². The van der Waals surface area contributed by atoms with E-state index in [1.54, 1.807) is 30.3 Å². The van der Waals surface area contributed by atoms with Crippen LogP contribution in [0, 0.1) is 13.8 Å². The normalized spacial score (nSPS) is 10.9.